The third-order valence-corrected chi connectivity index (χ3v) is 4.01. The van der Waals surface area contributed by atoms with E-state index in [0.717, 1.165) is 34.7 Å². The second kappa shape index (κ2) is 19.0. The summed E-state index contributed by atoms with van der Waals surface area (Å²) in [7, 11) is 3.75. The van der Waals surface area contributed by atoms with Crippen molar-refractivity contribution in [3.8, 4) is 5.69 Å². The van der Waals surface area contributed by atoms with E-state index in [1.807, 2.05) is 77.4 Å². The summed E-state index contributed by atoms with van der Waals surface area (Å²) in [5.74, 6) is 0. The molecule has 0 aromatic rings. The van der Waals surface area contributed by atoms with E-state index >= 15 is 0 Å². The van der Waals surface area contributed by atoms with Gasteiger partial charge in [-0.25, -0.2) is 0 Å². The van der Waals surface area contributed by atoms with Crippen LogP contribution in [-0.4, -0.2) is 25.5 Å². The molecule has 5 heteroatoms. The van der Waals surface area contributed by atoms with Gasteiger partial charge < -0.3 is 11.1 Å². The van der Waals surface area contributed by atoms with Crippen LogP contribution in [0.5, 0.6) is 0 Å². The van der Waals surface area contributed by atoms with Crippen molar-refractivity contribution >= 4 is 22.6 Å². The Bertz CT molecular complexity index is 855. The smallest absolute Gasteiger partial charge is 0.0633 e. The highest BCUT2D eigenvalue weighted by atomic mass is 32.1. The molecule has 0 atom stereocenters. The van der Waals surface area contributed by atoms with Crippen LogP contribution < -0.4 is 11.1 Å². The number of hydrogen-bond donors (Lipinski definition) is 2. The normalized spacial score (nSPS) is 18.6. The SMILES string of the molecule is C#S/C=C\C(=C)N.CC.CC1=N\C(=C/C=C/C=C/C=C2\N=C(C)CC2(C)C)C=C1.CNC. The quantitative estimate of drug-likeness (QED) is 0.452. The van der Waals surface area contributed by atoms with E-state index in [2.05, 4.69) is 48.7 Å². The van der Waals surface area contributed by atoms with Gasteiger partial charge in [0.25, 0.3) is 0 Å². The molecule has 176 valence electrons. The Labute approximate surface area is 200 Å². The van der Waals surface area contributed by atoms with Crippen molar-refractivity contribution in [1.82, 2.24) is 5.32 Å². The van der Waals surface area contributed by atoms with Crippen molar-refractivity contribution in [2.75, 3.05) is 14.1 Å². The first-order valence-corrected chi connectivity index (χ1v) is 11.7. The lowest BCUT2D eigenvalue weighted by Gasteiger charge is -2.17. The first-order valence-electron chi connectivity index (χ1n) is 10.7. The highest BCUT2D eigenvalue weighted by Crippen LogP contribution is 2.37. The average molecular weight is 455 g/mol. The molecule has 0 radical (unpaired) electrons. The Morgan fingerprint density at radius 3 is 2.03 bits per heavy atom. The van der Waals surface area contributed by atoms with E-state index in [1.165, 1.54) is 5.71 Å². The molecule has 32 heavy (non-hydrogen) atoms. The van der Waals surface area contributed by atoms with Crippen LogP contribution in [-0.2, 0) is 0 Å². The molecule has 0 spiro atoms. The molecule has 0 saturated heterocycles. The van der Waals surface area contributed by atoms with E-state index in [4.69, 9.17) is 11.4 Å². The van der Waals surface area contributed by atoms with Gasteiger partial charge in [0.15, 0.2) is 0 Å². The van der Waals surface area contributed by atoms with E-state index in [1.54, 1.807) is 11.5 Å². The summed E-state index contributed by atoms with van der Waals surface area (Å²) < 4.78 is 0. The van der Waals surface area contributed by atoms with Crippen molar-refractivity contribution in [2.24, 2.45) is 21.1 Å². The van der Waals surface area contributed by atoms with Crippen LogP contribution in [0.2, 0.25) is 0 Å². The maximum absolute atomic E-state index is 5.13. The summed E-state index contributed by atoms with van der Waals surface area (Å²) in [4.78, 5) is 8.95. The third kappa shape index (κ3) is 16.0. The monoisotopic (exact) mass is 454 g/mol. The summed E-state index contributed by atoms with van der Waals surface area (Å²) in [6.07, 6.45) is 18.9. The van der Waals surface area contributed by atoms with E-state index < -0.39 is 0 Å². The summed E-state index contributed by atoms with van der Waals surface area (Å²) in [6.45, 7) is 16.0. The molecule has 3 N–H and O–H groups in total. The van der Waals surface area contributed by atoms with E-state index in [9.17, 15) is 0 Å². The van der Waals surface area contributed by atoms with E-state index in [0.29, 0.717) is 5.70 Å². The number of aliphatic imine (C=N–C) groups is 2. The number of allylic oxidation sites excluding steroid dienone is 10. The fourth-order valence-electron chi connectivity index (χ4n) is 2.52. The number of nitrogens with zero attached hydrogens (tertiary/aromatic N) is 2. The lowest BCUT2D eigenvalue weighted by Crippen LogP contribution is -2.09. The van der Waals surface area contributed by atoms with Crippen molar-refractivity contribution in [3.05, 3.63) is 83.8 Å². The number of hydrogen-bond acceptors (Lipinski definition) is 4. The number of nitrogens with two attached hydrogens (primary N) is 1. The Hall–Kier alpha value is -2.72. The maximum atomic E-state index is 5.13. The molecule has 0 aromatic carbocycles. The van der Waals surface area contributed by atoms with Gasteiger partial charge >= 0.3 is 0 Å². The third-order valence-electron chi connectivity index (χ3n) is 3.72. The topological polar surface area (TPSA) is 62.8 Å². The lowest BCUT2D eigenvalue weighted by atomic mass is 9.87. The van der Waals surface area contributed by atoms with Crippen LogP contribution in [0, 0.1) is 11.1 Å². The molecule has 0 unspecified atom stereocenters. The molecular formula is C27H42N4S. The minimum atomic E-state index is 0.168. The molecule has 2 aliphatic heterocycles. The molecular weight excluding hydrogens is 412 g/mol. The Morgan fingerprint density at radius 1 is 1.09 bits per heavy atom. The van der Waals surface area contributed by atoms with Gasteiger partial charge in [0.1, 0.15) is 0 Å². The second-order valence-electron chi connectivity index (χ2n) is 7.42. The molecule has 0 saturated carbocycles. The van der Waals surface area contributed by atoms with Gasteiger partial charge in [0.2, 0.25) is 0 Å². The first kappa shape index (κ1) is 31.5. The van der Waals surface area contributed by atoms with Crippen molar-refractivity contribution in [2.45, 2.75) is 48.0 Å². The average Bonchev–Trinajstić information content (AvgIpc) is 3.26. The molecule has 0 bridgehead atoms. The van der Waals surface area contributed by atoms with Crippen LogP contribution in [0.25, 0.3) is 0 Å². The van der Waals surface area contributed by atoms with Gasteiger partial charge in [0, 0.05) is 33.6 Å². The number of rotatable bonds is 4. The fourth-order valence-corrected chi connectivity index (χ4v) is 2.78. The molecule has 0 aliphatic carbocycles. The largest absolute Gasteiger partial charge is 0.399 e. The molecule has 0 aromatic heterocycles. The highest BCUT2D eigenvalue weighted by Gasteiger charge is 2.28. The lowest BCUT2D eigenvalue weighted by molar-refractivity contribution is 0.484. The fraction of sp³-hybridized carbons (Fsp3) is 0.370. The molecule has 4 nitrogen and oxygen atoms in total. The molecule has 0 amide bonds. The van der Waals surface area contributed by atoms with Gasteiger partial charge in [-0.2, -0.15) is 0 Å². The van der Waals surface area contributed by atoms with Crippen molar-refractivity contribution in [3.63, 3.8) is 0 Å². The highest BCUT2D eigenvalue weighted by molar-refractivity contribution is 7.91. The zero-order valence-corrected chi connectivity index (χ0v) is 22.0. The van der Waals surface area contributed by atoms with Gasteiger partial charge in [-0.1, -0.05) is 58.6 Å². The summed E-state index contributed by atoms with van der Waals surface area (Å²) in [6, 6.07) is 0. The summed E-state index contributed by atoms with van der Waals surface area (Å²) >= 11 is 1.11. The zero-order chi connectivity index (χ0) is 25.0. The van der Waals surface area contributed by atoms with Crippen molar-refractivity contribution < 1.29 is 0 Å². The van der Waals surface area contributed by atoms with Crippen molar-refractivity contribution in [1.29, 1.82) is 0 Å². The van der Waals surface area contributed by atoms with Crippen LogP contribution in [0.15, 0.2) is 93.7 Å². The van der Waals surface area contributed by atoms with Gasteiger partial charge in [0.05, 0.1) is 5.70 Å². The summed E-state index contributed by atoms with van der Waals surface area (Å²) in [5.41, 5.74) is 15.3. The minimum absolute atomic E-state index is 0.168. The predicted molar refractivity (Wildman–Crippen MR) is 150 cm³/mol. The van der Waals surface area contributed by atoms with Gasteiger partial charge in [-0.3, -0.25) is 9.98 Å². The summed E-state index contributed by atoms with van der Waals surface area (Å²) in [5, 5.41) is 4.42. The molecule has 2 heterocycles. The first-order chi connectivity index (χ1) is 15.2. The van der Waals surface area contributed by atoms with Crippen LogP contribution >= 0.6 is 11.2 Å². The van der Waals surface area contributed by atoms with Crippen LogP contribution in [0.3, 0.4) is 0 Å². The predicted octanol–water partition coefficient (Wildman–Crippen LogP) is 6.94. The molecule has 2 aliphatic rings. The molecule has 0 fully saturated rings. The second-order valence-corrected chi connectivity index (χ2v) is 7.97. The Balaban J connectivity index is 0. The Morgan fingerprint density at radius 2 is 1.66 bits per heavy atom. The number of nitrogens with one attached hydrogen (secondary N) is 1. The van der Waals surface area contributed by atoms with E-state index in [-0.39, 0.29) is 5.41 Å². The van der Waals surface area contributed by atoms with Crippen LogP contribution in [0.4, 0.5) is 0 Å². The zero-order valence-electron chi connectivity index (χ0n) is 21.1. The molecule has 2 rings (SSSR count). The maximum Gasteiger partial charge on any atom is 0.0633 e. The van der Waals surface area contributed by atoms with Gasteiger partial charge in [-0.15, -0.1) is 16.9 Å². The van der Waals surface area contributed by atoms with Crippen LogP contribution in [0.1, 0.15) is 48.0 Å². The minimum Gasteiger partial charge on any atom is -0.399 e. The van der Waals surface area contributed by atoms with Gasteiger partial charge in [-0.05, 0) is 64.7 Å². The Kier molecular flexibility index (Phi) is 18.7. The standard InChI is InChI=1S/C18H22N2.C5H7NS.C2H7N.C2H6/c1-14-11-12-16(19-14)9-7-5-6-8-10-17-18(3,4)13-15(2)20-17;1-5(6)3-4-7-2;1-3-2;1-2/h5-12H,13H2,1-4H3;2-4H,1,6H2;3H,1-2H3;1-2H3/b7-5+,8-6+,16-9-,17-10-;4-3-;;.